The smallest absolute Gasteiger partial charge is 0.599 e. The lowest BCUT2D eigenvalue weighted by molar-refractivity contribution is -0.840. The predicted molar refractivity (Wildman–Crippen MR) is 123 cm³/mol. The summed E-state index contributed by atoms with van der Waals surface area (Å²) in [6.45, 7) is 4.35. The summed E-state index contributed by atoms with van der Waals surface area (Å²) in [6.07, 6.45) is 0.396. The van der Waals surface area contributed by atoms with Crippen molar-refractivity contribution in [3.8, 4) is 0 Å². The molecule has 0 saturated carbocycles. The Hall–Kier alpha value is -2.30. The van der Waals surface area contributed by atoms with E-state index in [4.69, 9.17) is 32.5 Å². The van der Waals surface area contributed by atoms with E-state index in [0.717, 1.165) is 0 Å². The summed E-state index contributed by atoms with van der Waals surface area (Å²) in [6, 6.07) is 3.17. The number of hydrogen-bond acceptors (Lipinski definition) is 6. The van der Waals surface area contributed by atoms with E-state index in [9.17, 15) is 19.2 Å². The van der Waals surface area contributed by atoms with Crippen LogP contribution in [0.25, 0.3) is 0 Å². The molecule has 2 fully saturated rings. The molecule has 0 aromatic heterocycles. The Labute approximate surface area is 202 Å². The quantitative estimate of drug-likeness (QED) is 0.555. The Balaban J connectivity index is 1.80. The van der Waals surface area contributed by atoms with Gasteiger partial charge in [0.25, 0.3) is 5.91 Å². The molecule has 0 aliphatic carbocycles. The lowest BCUT2D eigenvalue weighted by Crippen LogP contribution is -2.74. The summed E-state index contributed by atoms with van der Waals surface area (Å²) in [4.78, 5) is 50.4. The zero-order valence-electron chi connectivity index (χ0n) is 19.2. The minimum absolute atomic E-state index is 0.0696. The number of fused-ring (bicyclic) bond motifs is 1. The summed E-state index contributed by atoms with van der Waals surface area (Å²) in [5.41, 5.74) is 0.139. The van der Waals surface area contributed by atoms with Crippen molar-refractivity contribution in [2.45, 2.75) is 52.1 Å². The van der Waals surface area contributed by atoms with Crippen molar-refractivity contribution < 1.29 is 32.9 Å². The first-order chi connectivity index (χ1) is 15.3. The third-order valence-electron chi connectivity index (χ3n) is 6.86. The van der Waals surface area contributed by atoms with Crippen LogP contribution < -0.4 is 10.6 Å². The first-order valence-electron chi connectivity index (χ1n) is 10.8. The molecule has 2 unspecified atom stereocenters. The van der Waals surface area contributed by atoms with Crippen LogP contribution in [0.3, 0.4) is 0 Å². The van der Waals surface area contributed by atoms with Gasteiger partial charge in [0.2, 0.25) is 5.91 Å². The second kappa shape index (κ2) is 9.16. The maximum atomic E-state index is 12.8. The van der Waals surface area contributed by atoms with Crippen LogP contribution in [0.2, 0.25) is 10.0 Å². The molecule has 3 rings (SSSR count). The van der Waals surface area contributed by atoms with Gasteiger partial charge in [-0.05, 0) is 44.4 Å². The number of nitrogens with one attached hydrogen (secondary N) is 2. The van der Waals surface area contributed by atoms with Gasteiger partial charge in [-0.2, -0.15) is 0 Å². The number of benzene rings is 1. The summed E-state index contributed by atoms with van der Waals surface area (Å²) < 4.78 is 11.4. The Bertz CT molecular complexity index is 980. The van der Waals surface area contributed by atoms with E-state index < -0.39 is 48.5 Å². The highest BCUT2D eigenvalue weighted by atomic mass is 35.5. The first-order valence-corrected chi connectivity index (χ1v) is 11.6. The molecule has 1 aromatic carbocycles. The molecule has 9 nitrogen and oxygen atoms in total. The number of halogens is 2. The number of carbonyl (C=O) groups excluding carboxylic acids is 4. The normalized spacial score (nSPS) is 29.3. The standard InChI is InChI=1S/C21H28BCl2N3O6/c1-11(2)8-17(22-27(5,12(3)20(30)32-22)13(4)21(31)33-22)26-18(28)10-25-19(29)15-9-14(23)6-7-16(15)24/h6-7,9,11-13,17H,8,10H2,1-5H3,(H,25,29)(H,26,28)/t12-,13+,17-,22?,27?/m0/s1. The predicted octanol–water partition coefficient (Wildman–Crippen LogP) is 2.07. The molecule has 2 saturated heterocycles. The lowest BCUT2D eigenvalue weighted by atomic mass is 9.57. The van der Waals surface area contributed by atoms with Crippen LogP contribution in [0.1, 0.15) is 44.5 Å². The third-order valence-corrected chi connectivity index (χ3v) is 7.42. The Morgan fingerprint density at radius 3 is 2.24 bits per heavy atom. The summed E-state index contributed by atoms with van der Waals surface area (Å²) >= 11 is 12.0. The topological polar surface area (TPSA) is 111 Å². The van der Waals surface area contributed by atoms with Gasteiger partial charge in [0, 0.05) is 12.1 Å². The van der Waals surface area contributed by atoms with Crippen molar-refractivity contribution in [1.82, 2.24) is 10.6 Å². The molecule has 180 valence electrons. The Morgan fingerprint density at radius 1 is 1.12 bits per heavy atom. The summed E-state index contributed by atoms with van der Waals surface area (Å²) in [5, 5.41) is 5.88. The molecule has 2 amide bonds. The number of nitrogens with zero attached hydrogens (tertiary/aromatic N) is 1. The van der Waals surface area contributed by atoms with E-state index in [-0.39, 0.29) is 27.4 Å². The molecule has 5 atom stereocenters. The van der Waals surface area contributed by atoms with Crippen LogP contribution >= 0.6 is 23.2 Å². The molecular weight excluding hydrogens is 472 g/mol. The SMILES string of the molecule is CC(C)C[C@H](NC(=O)CNC(=O)c1cc(Cl)ccc1Cl)[B-]12OC(=O)[C@@H](C)[N+]1(C)[C@@H](C)C(=O)O2. The number of quaternary nitrogens is 1. The molecule has 2 aliphatic rings. The number of likely N-dealkylation sites (N-methyl/N-ethyl adjacent to an activating group) is 1. The van der Waals surface area contributed by atoms with Gasteiger partial charge < -0.3 is 24.3 Å². The van der Waals surface area contributed by atoms with E-state index in [2.05, 4.69) is 10.6 Å². The summed E-state index contributed by atoms with van der Waals surface area (Å²) in [7, 11) is 1.74. The number of carbonyl (C=O) groups is 4. The van der Waals surface area contributed by atoms with Gasteiger partial charge in [0.1, 0.15) is 12.1 Å². The molecule has 0 spiro atoms. The maximum Gasteiger partial charge on any atom is 0.605 e. The van der Waals surface area contributed by atoms with Gasteiger partial charge in [-0.25, -0.2) is 9.59 Å². The van der Waals surface area contributed by atoms with Crippen molar-refractivity contribution >= 4 is 53.6 Å². The van der Waals surface area contributed by atoms with E-state index in [1.165, 1.54) is 12.1 Å². The number of amides is 2. The number of rotatable bonds is 7. The Kier molecular flexibility index (Phi) is 7.03. The average molecular weight is 500 g/mol. The largest absolute Gasteiger partial charge is 0.605 e. The fourth-order valence-corrected chi connectivity index (χ4v) is 5.15. The van der Waals surface area contributed by atoms with E-state index >= 15 is 0 Å². The van der Waals surface area contributed by atoms with Gasteiger partial charge in [-0.3, -0.25) is 9.59 Å². The fraction of sp³-hybridized carbons (Fsp3) is 0.524. The van der Waals surface area contributed by atoms with E-state index in [0.29, 0.717) is 11.4 Å². The highest BCUT2D eigenvalue weighted by Crippen LogP contribution is 2.44. The molecule has 2 heterocycles. The van der Waals surface area contributed by atoms with Gasteiger partial charge in [-0.1, -0.05) is 37.0 Å². The fourth-order valence-electron chi connectivity index (χ4n) is 4.78. The first kappa shape index (κ1) is 25.3. The van der Waals surface area contributed by atoms with Crippen LogP contribution in [0, 0.1) is 5.92 Å². The highest BCUT2D eigenvalue weighted by molar-refractivity contribution is 6.68. The third kappa shape index (κ3) is 4.31. The van der Waals surface area contributed by atoms with E-state index in [1.54, 1.807) is 27.0 Å². The zero-order chi connectivity index (χ0) is 24.7. The van der Waals surface area contributed by atoms with Crippen molar-refractivity contribution in [2.75, 3.05) is 13.6 Å². The molecule has 0 bridgehead atoms. The molecular formula is C21H28BCl2N3O6. The maximum absolute atomic E-state index is 12.8. The zero-order valence-corrected chi connectivity index (χ0v) is 20.7. The van der Waals surface area contributed by atoms with Crippen LogP contribution in [-0.4, -0.2) is 66.5 Å². The van der Waals surface area contributed by atoms with Crippen molar-refractivity contribution in [1.29, 1.82) is 0 Å². The molecule has 1 aromatic rings. The second-order valence-electron chi connectivity index (χ2n) is 9.29. The van der Waals surface area contributed by atoms with Gasteiger partial charge >= 0.3 is 18.6 Å². The molecule has 12 heteroatoms. The minimum atomic E-state index is -2.55. The van der Waals surface area contributed by atoms with Gasteiger partial charge in [-0.15, -0.1) is 0 Å². The molecule has 33 heavy (non-hydrogen) atoms. The summed E-state index contributed by atoms with van der Waals surface area (Å²) in [5.74, 6) is -2.74. The van der Waals surface area contributed by atoms with Gasteiger partial charge in [0.05, 0.1) is 23.1 Å². The lowest BCUT2D eigenvalue weighted by Gasteiger charge is -2.48. The van der Waals surface area contributed by atoms with Crippen molar-refractivity contribution in [3.63, 3.8) is 0 Å². The Morgan fingerprint density at radius 2 is 1.70 bits per heavy atom. The molecule has 2 aliphatic heterocycles. The highest BCUT2D eigenvalue weighted by Gasteiger charge is 2.74. The molecule has 2 N–H and O–H groups in total. The number of hydrogen-bond donors (Lipinski definition) is 2. The van der Waals surface area contributed by atoms with Crippen LogP contribution in [0.4, 0.5) is 0 Å². The monoisotopic (exact) mass is 499 g/mol. The van der Waals surface area contributed by atoms with Crippen molar-refractivity contribution in [3.05, 3.63) is 33.8 Å². The average Bonchev–Trinajstić information content (AvgIpc) is 3.06. The van der Waals surface area contributed by atoms with Crippen LogP contribution in [-0.2, 0) is 23.7 Å². The van der Waals surface area contributed by atoms with Crippen molar-refractivity contribution in [2.24, 2.45) is 5.92 Å². The van der Waals surface area contributed by atoms with E-state index in [1.807, 2.05) is 13.8 Å². The van der Waals surface area contributed by atoms with Crippen LogP contribution in [0.5, 0.6) is 0 Å². The minimum Gasteiger partial charge on any atom is -0.599 e. The second-order valence-corrected chi connectivity index (χ2v) is 10.1. The molecule has 0 radical (unpaired) electrons. The van der Waals surface area contributed by atoms with Gasteiger partial charge in [0.15, 0.2) is 0 Å². The van der Waals surface area contributed by atoms with Crippen LogP contribution in [0.15, 0.2) is 18.2 Å².